The molecule has 0 heterocycles. The summed E-state index contributed by atoms with van der Waals surface area (Å²) in [4.78, 5) is 12.3. The van der Waals surface area contributed by atoms with Crippen molar-refractivity contribution < 1.29 is 19.0 Å². The smallest absolute Gasteiger partial charge is 0.256 e. The van der Waals surface area contributed by atoms with E-state index in [4.69, 9.17) is 14.2 Å². The maximum atomic E-state index is 12.3. The number of amides is 1. The van der Waals surface area contributed by atoms with Crippen molar-refractivity contribution in [2.75, 3.05) is 26.6 Å². The molecule has 1 N–H and O–H groups in total. The van der Waals surface area contributed by atoms with E-state index >= 15 is 0 Å². The number of halogens is 1. The van der Waals surface area contributed by atoms with Crippen molar-refractivity contribution in [1.82, 2.24) is 0 Å². The second-order valence-corrected chi connectivity index (χ2v) is 5.20. The number of anilines is 1. The number of methoxy groups -OCH3 is 3. The Morgan fingerprint density at radius 2 is 1.59 bits per heavy atom. The molecular formula is C16H16BrNO4. The summed E-state index contributed by atoms with van der Waals surface area (Å²) in [6.07, 6.45) is 0. The van der Waals surface area contributed by atoms with Crippen LogP contribution in [-0.2, 0) is 0 Å². The molecule has 0 bridgehead atoms. The lowest BCUT2D eigenvalue weighted by molar-refractivity contribution is 0.102. The van der Waals surface area contributed by atoms with Crippen LogP contribution in [0.4, 0.5) is 5.69 Å². The summed E-state index contributed by atoms with van der Waals surface area (Å²) in [7, 11) is 4.58. The Hall–Kier alpha value is -2.21. The third-order valence-electron chi connectivity index (χ3n) is 3.04. The molecule has 0 aliphatic rings. The zero-order chi connectivity index (χ0) is 16.1. The number of carbonyl (C=O) groups excluding carboxylic acids is 1. The van der Waals surface area contributed by atoms with E-state index in [1.54, 1.807) is 24.3 Å². The molecule has 0 unspecified atom stereocenters. The SMILES string of the molecule is COc1cc(NC(=O)c2ccccc2Br)cc(OC)c1OC. The molecule has 2 aromatic carbocycles. The molecule has 2 aromatic rings. The van der Waals surface area contributed by atoms with E-state index in [-0.39, 0.29) is 5.91 Å². The van der Waals surface area contributed by atoms with Crippen molar-refractivity contribution in [2.45, 2.75) is 0 Å². The standard InChI is InChI=1S/C16H16BrNO4/c1-20-13-8-10(9-14(21-2)15(13)22-3)18-16(19)11-6-4-5-7-12(11)17/h4-9H,1-3H3,(H,18,19). The van der Waals surface area contributed by atoms with E-state index in [0.29, 0.717) is 28.5 Å². The van der Waals surface area contributed by atoms with E-state index in [1.807, 2.05) is 12.1 Å². The fourth-order valence-electron chi connectivity index (χ4n) is 2.00. The summed E-state index contributed by atoms with van der Waals surface area (Å²) < 4.78 is 16.5. The quantitative estimate of drug-likeness (QED) is 0.876. The normalized spacial score (nSPS) is 10.0. The summed E-state index contributed by atoms with van der Waals surface area (Å²) in [5, 5.41) is 2.82. The molecule has 1 amide bonds. The van der Waals surface area contributed by atoms with E-state index in [9.17, 15) is 4.79 Å². The van der Waals surface area contributed by atoms with Gasteiger partial charge in [0.25, 0.3) is 5.91 Å². The lowest BCUT2D eigenvalue weighted by Gasteiger charge is -2.14. The van der Waals surface area contributed by atoms with Crippen molar-refractivity contribution >= 4 is 27.5 Å². The summed E-state index contributed by atoms with van der Waals surface area (Å²) >= 11 is 3.36. The highest BCUT2D eigenvalue weighted by Crippen LogP contribution is 2.40. The summed E-state index contributed by atoms with van der Waals surface area (Å²) in [6, 6.07) is 10.5. The Bertz CT molecular complexity index is 663. The van der Waals surface area contributed by atoms with Crippen molar-refractivity contribution in [3.63, 3.8) is 0 Å². The molecule has 2 rings (SSSR count). The average molecular weight is 366 g/mol. The molecule has 0 radical (unpaired) electrons. The minimum atomic E-state index is -0.234. The number of hydrogen-bond donors (Lipinski definition) is 1. The fourth-order valence-corrected chi connectivity index (χ4v) is 2.46. The Morgan fingerprint density at radius 1 is 1.00 bits per heavy atom. The van der Waals surface area contributed by atoms with Crippen LogP contribution in [0.1, 0.15) is 10.4 Å². The number of benzene rings is 2. The first-order chi connectivity index (χ1) is 10.6. The largest absolute Gasteiger partial charge is 0.493 e. The van der Waals surface area contributed by atoms with E-state index in [1.165, 1.54) is 21.3 Å². The first-order valence-electron chi connectivity index (χ1n) is 6.46. The van der Waals surface area contributed by atoms with E-state index < -0.39 is 0 Å². The lowest BCUT2D eigenvalue weighted by atomic mass is 10.2. The monoisotopic (exact) mass is 365 g/mol. The van der Waals surface area contributed by atoms with Crippen LogP contribution < -0.4 is 19.5 Å². The lowest BCUT2D eigenvalue weighted by Crippen LogP contribution is -2.12. The first-order valence-corrected chi connectivity index (χ1v) is 7.26. The highest BCUT2D eigenvalue weighted by Gasteiger charge is 2.15. The minimum Gasteiger partial charge on any atom is -0.493 e. The van der Waals surface area contributed by atoms with Gasteiger partial charge in [-0.05, 0) is 28.1 Å². The van der Waals surface area contributed by atoms with Gasteiger partial charge in [-0.15, -0.1) is 0 Å². The maximum absolute atomic E-state index is 12.3. The molecule has 0 aliphatic heterocycles. The maximum Gasteiger partial charge on any atom is 0.256 e. The molecule has 0 aromatic heterocycles. The number of rotatable bonds is 5. The molecule has 0 spiro atoms. The molecular weight excluding hydrogens is 350 g/mol. The van der Waals surface area contributed by atoms with Gasteiger partial charge in [-0.25, -0.2) is 0 Å². The van der Waals surface area contributed by atoms with Crippen LogP contribution >= 0.6 is 15.9 Å². The van der Waals surface area contributed by atoms with Crippen molar-refractivity contribution in [3.8, 4) is 17.2 Å². The predicted molar refractivity (Wildman–Crippen MR) is 88.2 cm³/mol. The van der Waals surface area contributed by atoms with Gasteiger partial charge in [0.05, 0.1) is 26.9 Å². The van der Waals surface area contributed by atoms with Gasteiger partial charge in [-0.1, -0.05) is 12.1 Å². The van der Waals surface area contributed by atoms with Gasteiger partial charge < -0.3 is 19.5 Å². The van der Waals surface area contributed by atoms with Crippen LogP contribution in [0.15, 0.2) is 40.9 Å². The second kappa shape index (κ2) is 7.17. The second-order valence-electron chi connectivity index (χ2n) is 4.35. The highest BCUT2D eigenvalue weighted by atomic mass is 79.9. The van der Waals surface area contributed by atoms with Crippen molar-refractivity contribution in [1.29, 1.82) is 0 Å². The molecule has 6 heteroatoms. The van der Waals surface area contributed by atoms with Gasteiger partial charge in [0, 0.05) is 22.3 Å². The molecule has 22 heavy (non-hydrogen) atoms. The molecule has 0 saturated carbocycles. The summed E-state index contributed by atoms with van der Waals surface area (Å²) in [6.45, 7) is 0. The summed E-state index contributed by atoms with van der Waals surface area (Å²) in [5.74, 6) is 1.19. The molecule has 116 valence electrons. The minimum absolute atomic E-state index is 0.234. The van der Waals surface area contributed by atoms with Crippen LogP contribution in [0.3, 0.4) is 0 Å². The average Bonchev–Trinajstić information content (AvgIpc) is 2.54. The first kappa shape index (κ1) is 16.2. The van der Waals surface area contributed by atoms with Crippen LogP contribution in [0.2, 0.25) is 0 Å². The third kappa shape index (κ3) is 3.33. The van der Waals surface area contributed by atoms with Crippen molar-refractivity contribution in [2.24, 2.45) is 0 Å². The van der Waals surface area contributed by atoms with Crippen LogP contribution in [0, 0.1) is 0 Å². The summed E-state index contributed by atoms with van der Waals surface area (Å²) in [5.41, 5.74) is 1.09. The molecule has 0 fully saturated rings. The van der Waals surface area contributed by atoms with Gasteiger partial charge >= 0.3 is 0 Å². The fraction of sp³-hybridized carbons (Fsp3) is 0.188. The van der Waals surface area contributed by atoms with Gasteiger partial charge in [-0.3, -0.25) is 4.79 Å². The molecule has 0 saturated heterocycles. The Labute approximate surface area is 137 Å². The van der Waals surface area contributed by atoms with Gasteiger partial charge in [0.2, 0.25) is 5.75 Å². The Balaban J connectivity index is 2.34. The third-order valence-corrected chi connectivity index (χ3v) is 3.73. The van der Waals surface area contributed by atoms with Crippen LogP contribution in [-0.4, -0.2) is 27.2 Å². The predicted octanol–water partition coefficient (Wildman–Crippen LogP) is 3.73. The van der Waals surface area contributed by atoms with E-state index in [0.717, 1.165) is 4.47 Å². The number of nitrogens with one attached hydrogen (secondary N) is 1. The Kier molecular flexibility index (Phi) is 5.27. The number of carbonyl (C=O) groups is 1. The Morgan fingerprint density at radius 3 is 2.09 bits per heavy atom. The topological polar surface area (TPSA) is 56.8 Å². The zero-order valence-electron chi connectivity index (χ0n) is 12.5. The van der Waals surface area contributed by atoms with Crippen molar-refractivity contribution in [3.05, 3.63) is 46.4 Å². The van der Waals surface area contributed by atoms with Gasteiger partial charge in [0.15, 0.2) is 11.5 Å². The van der Waals surface area contributed by atoms with Crippen LogP contribution in [0.25, 0.3) is 0 Å². The van der Waals surface area contributed by atoms with E-state index in [2.05, 4.69) is 21.2 Å². The number of ether oxygens (including phenoxy) is 3. The highest BCUT2D eigenvalue weighted by molar-refractivity contribution is 9.10. The zero-order valence-corrected chi connectivity index (χ0v) is 14.1. The molecule has 5 nitrogen and oxygen atoms in total. The van der Waals surface area contributed by atoms with Gasteiger partial charge in [0.1, 0.15) is 0 Å². The van der Waals surface area contributed by atoms with Crippen LogP contribution in [0.5, 0.6) is 17.2 Å². The van der Waals surface area contributed by atoms with Gasteiger partial charge in [-0.2, -0.15) is 0 Å². The molecule has 0 atom stereocenters. The molecule has 0 aliphatic carbocycles. The number of hydrogen-bond acceptors (Lipinski definition) is 4.